The number of allylic oxidation sites excluding steroid dienone is 2. The minimum absolute atomic E-state index is 0.0648. The lowest BCUT2D eigenvalue weighted by Gasteiger charge is -2.22. The first-order chi connectivity index (χ1) is 6.63. The Bertz CT molecular complexity index is 276. The molecule has 0 heterocycles. The van der Waals surface area contributed by atoms with Gasteiger partial charge in [-0.25, -0.2) is 0 Å². The van der Waals surface area contributed by atoms with E-state index in [-0.39, 0.29) is 17.6 Å². The number of ketones is 1. The Balaban J connectivity index is 2.51. The molecule has 0 bridgehead atoms. The van der Waals surface area contributed by atoms with Gasteiger partial charge in [-0.05, 0) is 12.8 Å². The molecule has 0 saturated heterocycles. The molecule has 0 unspecified atom stereocenters. The molecule has 1 aliphatic rings. The van der Waals surface area contributed by atoms with Crippen molar-refractivity contribution >= 4 is 23.3 Å². The van der Waals surface area contributed by atoms with Gasteiger partial charge in [-0.3, -0.25) is 14.6 Å². The number of rotatable bonds is 3. The Hall–Kier alpha value is -1.03. The summed E-state index contributed by atoms with van der Waals surface area (Å²) in [6.07, 6.45) is 3.77. The molecule has 0 atom stereocenters. The Morgan fingerprint density at radius 1 is 1.64 bits per heavy atom. The van der Waals surface area contributed by atoms with Gasteiger partial charge in [-0.1, -0.05) is 0 Å². The van der Waals surface area contributed by atoms with E-state index in [1.807, 2.05) is 0 Å². The molecule has 1 aliphatic carbocycles. The number of carbonyl (C=O) groups excluding carboxylic acids is 2. The summed E-state index contributed by atoms with van der Waals surface area (Å²) < 4.78 is 0. The maximum Gasteiger partial charge on any atom is 0.255 e. The number of hydrazine groups is 1. The van der Waals surface area contributed by atoms with E-state index in [0.29, 0.717) is 6.42 Å². The molecule has 1 rings (SSSR count). The quantitative estimate of drug-likeness (QED) is 0.562. The lowest BCUT2D eigenvalue weighted by atomic mass is 10.0. The smallest absolute Gasteiger partial charge is 0.255 e. The van der Waals surface area contributed by atoms with Crippen LogP contribution in [0.4, 0.5) is 0 Å². The second-order valence-corrected chi connectivity index (χ2v) is 3.45. The van der Waals surface area contributed by atoms with Crippen LogP contribution in [-0.4, -0.2) is 29.6 Å². The Morgan fingerprint density at radius 2 is 2.36 bits per heavy atom. The van der Waals surface area contributed by atoms with E-state index in [0.717, 1.165) is 18.5 Å². The van der Waals surface area contributed by atoms with Gasteiger partial charge in [0.1, 0.15) is 5.88 Å². The maximum absolute atomic E-state index is 11.1. The van der Waals surface area contributed by atoms with Crippen LogP contribution in [0.15, 0.2) is 11.8 Å². The molecule has 1 amide bonds. The highest BCUT2D eigenvalue weighted by Gasteiger charge is 2.13. The molecular formula is C9H13ClN2O2. The fourth-order valence-electron chi connectivity index (χ4n) is 1.25. The molecule has 5 heteroatoms. The first kappa shape index (κ1) is 11.0. The molecule has 4 nitrogen and oxygen atoms in total. The molecule has 78 valence electrons. The van der Waals surface area contributed by atoms with Gasteiger partial charge in [0.05, 0.1) is 0 Å². The molecular weight excluding hydrogens is 204 g/mol. The van der Waals surface area contributed by atoms with Crippen molar-refractivity contribution in [3.05, 3.63) is 11.8 Å². The third kappa shape index (κ3) is 3.03. The molecule has 14 heavy (non-hydrogen) atoms. The van der Waals surface area contributed by atoms with Gasteiger partial charge in [0.15, 0.2) is 5.78 Å². The molecule has 0 aliphatic heterocycles. The van der Waals surface area contributed by atoms with Crippen molar-refractivity contribution in [2.24, 2.45) is 0 Å². The van der Waals surface area contributed by atoms with E-state index in [1.165, 1.54) is 5.01 Å². The summed E-state index contributed by atoms with van der Waals surface area (Å²) in [5.74, 6) is -0.180. The summed E-state index contributed by atoms with van der Waals surface area (Å²) in [5, 5.41) is 1.30. The highest BCUT2D eigenvalue weighted by atomic mass is 35.5. The molecule has 0 aromatic heterocycles. The van der Waals surface area contributed by atoms with Gasteiger partial charge in [-0.2, -0.15) is 0 Å². The van der Waals surface area contributed by atoms with Crippen LogP contribution in [0, 0.1) is 0 Å². The summed E-state index contributed by atoms with van der Waals surface area (Å²) in [5.41, 5.74) is 3.62. The summed E-state index contributed by atoms with van der Waals surface area (Å²) in [4.78, 5) is 22.1. The Morgan fingerprint density at radius 3 is 2.93 bits per heavy atom. The van der Waals surface area contributed by atoms with Crippen LogP contribution < -0.4 is 5.43 Å². The van der Waals surface area contributed by atoms with Gasteiger partial charge in [0, 0.05) is 25.2 Å². The van der Waals surface area contributed by atoms with Crippen molar-refractivity contribution in [2.45, 2.75) is 19.3 Å². The van der Waals surface area contributed by atoms with Crippen LogP contribution in [0.5, 0.6) is 0 Å². The number of carbonyl (C=O) groups is 2. The zero-order valence-corrected chi connectivity index (χ0v) is 8.80. The summed E-state index contributed by atoms with van der Waals surface area (Å²) in [7, 11) is 1.59. The number of hydrogen-bond donors (Lipinski definition) is 1. The predicted octanol–water partition coefficient (Wildman–Crippen LogP) is 0.825. The van der Waals surface area contributed by atoms with Gasteiger partial charge < -0.3 is 5.43 Å². The first-order valence-corrected chi connectivity index (χ1v) is 4.99. The van der Waals surface area contributed by atoms with E-state index in [4.69, 9.17) is 11.6 Å². The van der Waals surface area contributed by atoms with Gasteiger partial charge >= 0.3 is 0 Å². The number of halogens is 1. The van der Waals surface area contributed by atoms with E-state index in [2.05, 4.69) is 5.43 Å². The molecule has 0 aromatic carbocycles. The Labute approximate surface area is 87.9 Å². The van der Waals surface area contributed by atoms with Gasteiger partial charge in [0.2, 0.25) is 0 Å². The van der Waals surface area contributed by atoms with Crippen molar-refractivity contribution in [3.63, 3.8) is 0 Å². The number of alkyl halides is 1. The fourth-order valence-corrected chi connectivity index (χ4v) is 1.43. The number of nitrogens with zero attached hydrogens (tertiary/aromatic N) is 1. The predicted molar refractivity (Wildman–Crippen MR) is 53.6 cm³/mol. The number of hydrogen-bond acceptors (Lipinski definition) is 3. The molecule has 0 spiro atoms. The minimum Gasteiger partial charge on any atom is -0.300 e. The van der Waals surface area contributed by atoms with Crippen LogP contribution in [0.3, 0.4) is 0 Å². The van der Waals surface area contributed by atoms with Crippen molar-refractivity contribution in [1.29, 1.82) is 0 Å². The van der Waals surface area contributed by atoms with E-state index in [1.54, 1.807) is 13.1 Å². The molecule has 0 radical (unpaired) electrons. The maximum atomic E-state index is 11.1. The third-order valence-electron chi connectivity index (χ3n) is 2.00. The third-order valence-corrected chi connectivity index (χ3v) is 2.23. The average molecular weight is 217 g/mol. The fraction of sp³-hybridized carbons (Fsp3) is 0.556. The van der Waals surface area contributed by atoms with Gasteiger partial charge in [0.25, 0.3) is 5.91 Å². The second-order valence-electron chi connectivity index (χ2n) is 3.19. The first-order valence-electron chi connectivity index (χ1n) is 4.46. The number of amides is 1. The minimum atomic E-state index is -0.217. The SMILES string of the molecule is CN(NC1=CC(=O)CCC1)C(=O)CCl. The molecule has 1 N–H and O–H groups in total. The standard InChI is InChI=1S/C9H13ClN2O2/c1-12(9(14)6-10)11-7-3-2-4-8(13)5-7/h5,11H,2-4,6H2,1H3. The highest BCUT2D eigenvalue weighted by Crippen LogP contribution is 2.12. The highest BCUT2D eigenvalue weighted by molar-refractivity contribution is 6.27. The van der Waals surface area contributed by atoms with Gasteiger partial charge in [-0.15, -0.1) is 11.6 Å². The van der Waals surface area contributed by atoms with Crippen LogP contribution in [0.1, 0.15) is 19.3 Å². The molecule has 0 aromatic rings. The zero-order chi connectivity index (χ0) is 10.6. The lowest BCUT2D eigenvalue weighted by Crippen LogP contribution is -2.40. The zero-order valence-electron chi connectivity index (χ0n) is 8.05. The van der Waals surface area contributed by atoms with Crippen LogP contribution in [-0.2, 0) is 9.59 Å². The summed E-state index contributed by atoms with van der Waals surface area (Å²) in [6.45, 7) is 0. The number of nitrogens with one attached hydrogen (secondary N) is 1. The average Bonchev–Trinajstić information content (AvgIpc) is 2.16. The van der Waals surface area contributed by atoms with Crippen molar-refractivity contribution in [3.8, 4) is 0 Å². The van der Waals surface area contributed by atoms with Crippen LogP contribution in [0.2, 0.25) is 0 Å². The topological polar surface area (TPSA) is 49.4 Å². The summed E-state index contributed by atoms with van der Waals surface area (Å²) >= 11 is 5.38. The summed E-state index contributed by atoms with van der Waals surface area (Å²) in [6, 6.07) is 0. The normalized spacial score (nSPS) is 16.1. The van der Waals surface area contributed by atoms with Crippen LogP contribution in [0.25, 0.3) is 0 Å². The van der Waals surface area contributed by atoms with Crippen molar-refractivity contribution < 1.29 is 9.59 Å². The lowest BCUT2D eigenvalue weighted by molar-refractivity contribution is -0.129. The Kier molecular flexibility index (Phi) is 3.95. The van der Waals surface area contributed by atoms with Crippen molar-refractivity contribution in [1.82, 2.24) is 10.4 Å². The van der Waals surface area contributed by atoms with E-state index < -0.39 is 0 Å². The van der Waals surface area contributed by atoms with E-state index in [9.17, 15) is 9.59 Å². The second kappa shape index (κ2) is 5.00. The van der Waals surface area contributed by atoms with Crippen molar-refractivity contribution in [2.75, 3.05) is 12.9 Å². The van der Waals surface area contributed by atoms with Crippen LogP contribution >= 0.6 is 11.6 Å². The monoisotopic (exact) mass is 216 g/mol. The molecule has 0 saturated carbocycles. The van der Waals surface area contributed by atoms with E-state index >= 15 is 0 Å². The largest absolute Gasteiger partial charge is 0.300 e. The molecule has 0 fully saturated rings.